The second-order valence-corrected chi connectivity index (χ2v) is 5.64. The normalized spacial score (nSPS) is 12.8. The number of nitrogens with zero attached hydrogens (tertiary/aromatic N) is 3. The molecule has 0 unspecified atom stereocenters. The molecule has 0 saturated heterocycles. The molecule has 1 aliphatic heterocycles. The van der Waals surface area contributed by atoms with E-state index in [9.17, 15) is 4.79 Å². The fourth-order valence-corrected chi connectivity index (χ4v) is 2.75. The molecule has 2 aromatic carbocycles. The van der Waals surface area contributed by atoms with Crippen LogP contribution in [0, 0.1) is 6.92 Å². The largest absolute Gasteiger partial charge is 0.454 e. The number of amides is 1. The Hall–Kier alpha value is -3.35. The topological polar surface area (TPSA) is 77.7 Å². The lowest BCUT2D eigenvalue weighted by Gasteiger charge is -2.05. The lowest BCUT2D eigenvalue weighted by atomic mass is 10.2. The molecular formula is C18H16N4O3. The number of hydrazone groups is 1. The molecule has 7 heteroatoms. The van der Waals surface area contributed by atoms with Crippen molar-refractivity contribution in [3.8, 4) is 11.5 Å². The van der Waals surface area contributed by atoms with E-state index in [-0.39, 0.29) is 19.2 Å². The van der Waals surface area contributed by atoms with Gasteiger partial charge in [0.2, 0.25) is 6.79 Å². The van der Waals surface area contributed by atoms with Gasteiger partial charge in [-0.2, -0.15) is 5.10 Å². The molecule has 4 rings (SSSR count). The van der Waals surface area contributed by atoms with Crippen molar-refractivity contribution in [2.24, 2.45) is 5.10 Å². The van der Waals surface area contributed by atoms with Crippen LogP contribution in [-0.4, -0.2) is 28.5 Å². The van der Waals surface area contributed by atoms with Gasteiger partial charge in [0.25, 0.3) is 5.91 Å². The second-order valence-electron chi connectivity index (χ2n) is 5.64. The van der Waals surface area contributed by atoms with Crippen molar-refractivity contribution < 1.29 is 14.3 Å². The molecule has 126 valence electrons. The molecule has 3 aromatic rings. The number of imidazole rings is 1. The Bertz CT molecular complexity index is 978. The molecule has 0 spiro atoms. The summed E-state index contributed by atoms with van der Waals surface area (Å²) >= 11 is 0. The zero-order valence-electron chi connectivity index (χ0n) is 13.6. The number of benzene rings is 2. The minimum atomic E-state index is -0.219. The van der Waals surface area contributed by atoms with Gasteiger partial charge in [-0.15, -0.1) is 0 Å². The van der Waals surface area contributed by atoms with E-state index in [1.807, 2.05) is 54.0 Å². The Morgan fingerprint density at radius 2 is 2.12 bits per heavy atom. The van der Waals surface area contributed by atoms with Crippen molar-refractivity contribution in [2.45, 2.75) is 13.5 Å². The summed E-state index contributed by atoms with van der Waals surface area (Å²) in [5, 5.41) is 4.00. The van der Waals surface area contributed by atoms with E-state index in [0.29, 0.717) is 11.5 Å². The van der Waals surface area contributed by atoms with Crippen molar-refractivity contribution in [3.63, 3.8) is 0 Å². The summed E-state index contributed by atoms with van der Waals surface area (Å²) in [6.45, 7) is 2.26. The second kappa shape index (κ2) is 6.27. The van der Waals surface area contributed by atoms with Crippen molar-refractivity contribution in [2.75, 3.05) is 6.79 Å². The van der Waals surface area contributed by atoms with Gasteiger partial charge < -0.3 is 14.0 Å². The summed E-state index contributed by atoms with van der Waals surface area (Å²) in [5.41, 5.74) is 5.15. The van der Waals surface area contributed by atoms with Crippen LogP contribution >= 0.6 is 0 Å². The molecule has 0 fully saturated rings. The molecular weight excluding hydrogens is 320 g/mol. The van der Waals surface area contributed by atoms with Gasteiger partial charge in [-0.05, 0) is 42.8 Å². The maximum Gasteiger partial charge on any atom is 0.260 e. The summed E-state index contributed by atoms with van der Waals surface area (Å²) in [7, 11) is 0. The van der Waals surface area contributed by atoms with E-state index in [1.54, 1.807) is 6.21 Å². The van der Waals surface area contributed by atoms with Crippen molar-refractivity contribution in [3.05, 3.63) is 53.9 Å². The number of ether oxygens (including phenoxy) is 2. The summed E-state index contributed by atoms with van der Waals surface area (Å²) in [6.07, 6.45) is 1.57. The predicted octanol–water partition coefficient (Wildman–Crippen LogP) is 2.22. The maximum atomic E-state index is 12.2. The summed E-state index contributed by atoms with van der Waals surface area (Å²) in [4.78, 5) is 16.6. The average molecular weight is 336 g/mol. The number of carbonyl (C=O) groups is 1. The van der Waals surface area contributed by atoms with Crippen LogP contribution in [-0.2, 0) is 11.3 Å². The number of para-hydroxylation sites is 2. The molecule has 1 aliphatic rings. The van der Waals surface area contributed by atoms with E-state index in [4.69, 9.17) is 9.47 Å². The van der Waals surface area contributed by atoms with Crippen LogP contribution in [0.5, 0.6) is 11.5 Å². The van der Waals surface area contributed by atoms with Gasteiger partial charge in [-0.3, -0.25) is 4.79 Å². The summed E-state index contributed by atoms with van der Waals surface area (Å²) in [6, 6.07) is 13.2. The van der Waals surface area contributed by atoms with Gasteiger partial charge in [0.15, 0.2) is 11.5 Å². The molecule has 1 aromatic heterocycles. The third kappa shape index (κ3) is 3.03. The molecule has 7 nitrogen and oxygen atoms in total. The first-order chi connectivity index (χ1) is 12.2. The molecule has 0 atom stereocenters. The van der Waals surface area contributed by atoms with Crippen molar-refractivity contribution in [1.29, 1.82) is 0 Å². The average Bonchev–Trinajstić information content (AvgIpc) is 3.19. The predicted molar refractivity (Wildman–Crippen MR) is 92.8 cm³/mol. The molecule has 1 amide bonds. The first-order valence-corrected chi connectivity index (χ1v) is 7.84. The van der Waals surface area contributed by atoms with Crippen LogP contribution in [0.3, 0.4) is 0 Å². The quantitative estimate of drug-likeness (QED) is 0.585. The number of carbonyl (C=O) groups excluding carboxylic acids is 1. The molecule has 0 saturated carbocycles. The van der Waals surface area contributed by atoms with Crippen LogP contribution in [0.1, 0.15) is 11.4 Å². The number of fused-ring (bicyclic) bond motifs is 2. The van der Waals surface area contributed by atoms with Gasteiger partial charge in [0.05, 0.1) is 17.2 Å². The number of aryl methyl sites for hydroxylation is 1. The zero-order valence-corrected chi connectivity index (χ0v) is 13.6. The van der Waals surface area contributed by atoms with E-state index < -0.39 is 0 Å². The van der Waals surface area contributed by atoms with Crippen LogP contribution in [0.25, 0.3) is 11.0 Å². The van der Waals surface area contributed by atoms with Crippen LogP contribution in [0.2, 0.25) is 0 Å². The summed E-state index contributed by atoms with van der Waals surface area (Å²) < 4.78 is 12.4. The van der Waals surface area contributed by atoms with Gasteiger partial charge in [0.1, 0.15) is 12.4 Å². The van der Waals surface area contributed by atoms with Crippen LogP contribution in [0.15, 0.2) is 47.6 Å². The minimum Gasteiger partial charge on any atom is -0.454 e. The Morgan fingerprint density at radius 3 is 3.04 bits per heavy atom. The number of nitrogens with one attached hydrogen (secondary N) is 1. The molecule has 1 N–H and O–H groups in total. The standard InChI is InChI=1S/C18H16N4O3/c1-12-20-14-4-2-3-5-15(14)22(12)10-18(23)21-19-9-13-6-7-16-17(8-13)25-11-24-16/h2-9H,10-11H2,1H3,(H,21,23). The lowest BCUT2D eigenvalue weighted by Crippen LogP contribution is -2.23. The molecule has 2 heterocycles. The third-order valence-corrected chi connectivity index (χ3v) is 3.95. The lowest BCUT2D eigenvalue weighted by molar-refractivity contribution is -0.121. The fourth-order valence-electron chi connectivity index (χ4n) is 2.75. The van der Waals surface area contributed by atoms with E-state index in [0.717, 1.165) is 22.4 Å². The van der Waals surface area contributed by atoms with E-state index >= 15 is 0 Å². The van der Waals surface area contributed by atoms with Gasteiger partial charge in [0, 0.05) is 0 Å². The minimum absolute atomic E-state index is 0.158. The summed E-state index contributed by atoms with van der Waals surface area (Å²) in [5.74, 6) is 1.96. The van der Waals surface area contributed by atoms with Gasteiger partial charge in [-0.25, -0.2) is 10.4 Å². The van der Waals surface area contributed by atoms with E-state index in [1.165, 1.54) is 0 Å². The van der Waals surface area contributed by atoms with Crippen LogP contribution in [0.4, 0.5) is 0 Å². The fraction of sp³-hybridized carbons (Fsp3) is 0.167. The highest BCUT2D eigenvalue weighted by atomic mass is 16.7. The Balaban J connectivity index is 1.43. The number of hydrogen-bond donors (Lipinski definition) is 1. The van der Waals surface area contributed by atoms with Crippen LogP contribution < -0.4 is 14.9 Å². The first kappa shape index (κ1) is 15.2. The SMILES string of the molecule is Cc1nc2ccccc2n1CC(=O)NN=Cc1ccc2c(c1)OCO2. The molecule has 25 heavy (non-hydrogen) atoms. The highest BCUT2D eigenvalue weighted by Gasteiger charge is 2.13. The maximum absolute atomic E-state index is 12.2. The Labute approximate surface area is 143 Å². The van der Waals surface area contributed by atoms with Crippen molar-refractivity contribution in [1.82, 2.24) is 15.0 Å². The van der Waals surface area contributed by atoms with Gasteiger partial charge >= 0.3 is 0 Å². The zero-order chi connectivity index (χ0) is 17.2. The highest BCUT2D eigenvalue weighted by Crippen LogP contribution is 2.31. The first-order valence-electron chi connectivity index (χ1n) is 7.84. The third-order valence-electron chi connectivity index (χ3n) is 3.95. The monoisotopic (exact) mass is 336 g/mol. The van der Waals surface area contributed by atoms with Crippen molar-refractivity contribution >= 4 is 23.2 Å². The number of rotatable bonds is 4. The highest BCUT2D eigenvalue weighted by molar-refractivity contribution is 5.84. The van der Waals surface area contributed by atoms with E-state index in [2.05, 4.69) is 15.5 Å². The Kier molecular flexibility index (Phi) is 3.81. The molecule has 0 radical (unpaired) electrons. The molecule has 0 aliphatic carbocycles. The Morgan fingerprint density at radius 1 is 1.28 bits per heavy atom. The van der Waals surface area contributed by atoms with Gasteiger partial charge in [-0.1, -0.05) is 12.1 Å². The molecule has 0 bridgehead atoms. The number of aromatic nitrogens is 2. The smallest absolute Gasteiger partial charge is 0.260 e. The number of hydrogen-bond acceptors (Lipinski definition) is 5.